The van der Waals surface area contributed by atoms with Crippen LogP contribution in [0.1, 0.15) is 49.7 Å². The van der Waals surface area contributed by atoms with Crippen molar-refractivity contribution in [1.29, 1.82) is 0 Å². The Morgan fingerprint density at radius 1 is 0.676 bits per heavy atom. The summed E-state index contributed by atoms with van der Waals surface area (Å²) in [4.78, 5) is 57.8. The maximum absolute atomic E-state index is 13.9. The van der Waals surface area contributed by atoms with Gasteiger partial charge in [-0.15, -0.1) is 0 Å². The summed E-state index contributed by atoms with van der Waals surface area (Å²) >= 11 is 0. The summed E-state index contributed by atoms with van der Waals surface area (Å²) in [5.74, 6) is -1.03. The third kappa shape index (κ3) is 5.76. The molecular formula is C30H35N3O4. The Bertz CT molecular complexity index is 1140. The molecular weight excluding hydrogens is 466 g/mol. The molecule has 0 aromatic heterocycles. The van der Waals surface area contributed by atoms with Crippen LogP contribution in [-0.4, -0.2) is 64.5 Å². The number of benzene rings is 2. The van der Waals surface area contributed by atoms with Crippen molar-refractivity contribution in [2.24, 2.45) is 5.92 Å². The second-order valence-corrected chi connectivity index (χ2v) is 10.6. The van der Waals surface area contributed by atoms with Gasteiger partial charge in [0.1, 0.15) is 17.9 Å². The lowest BCUT2D eigenvalue weighted by atomic mass is 9.90. The molecule has 2 aromatic rings. The first-order valence-corrected chi connectivity index (χ1v) is 13.5. The monoisotopic (exact) mass is 501 g/mol. The van der Waals surface area contributed by atoms with Gasteiger partial charge in [0.05, 0.1) is 0 Å². The SMILES string of the molecule is O=C1C[C@@H](Cc2ccccc2)NC(=O)[C@@H]2CCCN2C(=O)[C@@H]2CCCN2C(=O)[C@H](Cc2ccccc2)C1. The highest BCUT2D eigenvalue weighted by atomic mass is 16.2. The zero-order valence-corrected chi connectivity index (χ0v) is 21.2. The van der Waals surface area contributed by atoms with Gasteiger partial charge in [-0.25, -0.2) is 0 Å². The molecule has 3 aliphatic heterocycles. The van der Waals surface area contributed by atoms with Crippen LogP contribution in [0.3, 0.4) is 0 Å². The van der Waals surface area contributed by atoms with E-state index in [-0.39, 0.29) is 36.3 Å². The molecule has 4 atom stereocenters. The highest BCUT2D eigenvalue weighted by molar-refractivity contribution is 5.95. The predicted molar refractivity (Wildman–Crippen MR) is 139 cm³/mol. The van der Waals surface area contributed by atoms with Crippen LogP contribution in [0.4, 0.5) is 0 Å². The number of carbonyl (C=O) groups excluding carboxylic acids is 4. The topological polar surface area (TPSA) is 86.8 Å². The average molecular weight is 502 g/mol. The van der Waals surface area contributed by atoms with Crippen LogP contribution in [-0.2, 0) is 32.0 Å². The van der Waals surface area contributed by atoms with E-state index in [2.05, 4.69) is 5.32 Å². The fourth-order valence-electron chi connectivity index (χ4n) is 6.16. The van der Waals surface area contributed by atoms with Crippen molar-refractivity contribution in [3.8, 4) is 0 Å². The quantitative estimate of drug-likeness (QED) is 0.698. The molecule has 7 nitrogen and oxygen atoms in total. The Hall–Kier alpha value is -3.48. The van der Waals surface area contributed by atoms with Crippen LogP contribution in [0, 0.1) is 5.92 Å². The van der Waals surface area contributed by atoms with Gasteiger partial charge in [-0.2, -0.15) is 0 Å². The molecule has 1 N–H and O–H groups in total. The van der Waals surface area contributed by atoms with Crippen LogP contribution in [0.2, 0.25) is 0 Å². The first kappa shape index (κ1) is 25.2. The van der Waals surface area contributed by atoms with Crippen molar-refractivity contribution in [3.05, 3.63) is 71.8 Å². The van der Waals surface area contributed by atoms with Gasteiger partial charge in [0.2, 0.25) is 17.7 Å². The summed E-state index contributed by atoms with van der Waals surface area (Å²) < 4.78 is 0. The molecule has 0 bridgehead atoms. The molecule has 2 aromatic carbocycles. The summed E-state index contributed by atoms with van der Waals surface area (Å²) in [6, 6.07) is 18.0. The summed E-state index contributed by atoms with van der Waals surface area (Å²) in [6.07, 6.45) is 3.92. The van der Waals surface area contributed by atoms with Gasteiger partial charge in [-0.1, -0.05) is 60.7 Å². The molecule has 0 unspecified atom stereocenters. The van der Waals surface area contributed by atoms with E-state index in [1.807, 2.05) is 60.7 Å². The number of amides is 3. The summed E-state index contributed by atoms with van der Waals surface area (Å²) in [7, 11) is 0. The van der Waals surface area contributed by atoms with E-state index in [0.717, 1.165) is 24.0 Å². The van der Waals surface area contributed by atoms with E-state index in [0.29, 0.717) is 38.8 Å². The van der Waals surface area contributed by atoms with Gasteiger partial charge in [0.15, 0.2) is 0 Å². The van der Waals surface area contributed by atoms with Crippen molar-refractivity contribution in [2.75, 3.05) is 13.1 Å². The fraction of sp³-hybridized carbons (Fsp3) is 0.467. The standard InChI is InChI=1S/C30H35N3O4/c34-25-19-23(17-21-9-3-1-4-10-21)29(36)33-16-8-14-27(33)30(37)32-15-7-13-26(32)28(35)31-24(20-25)18-22-11-5-2-6-12-22/h1-6,9-12,23-24,26-27H,7-8,13-20H2,(H,31,35)/t23-,24-,26+,27+/m1/s1. The minimum Gasteiger partial charge on any atom is -0.351 e. The van der Waals surface area contributed by atoms with Crippen molar-refractivity contribution in [2.45, 2.75) is 69.5 Å². The minimum absolute atomic E-state index is 0.0416. The smallest absolute Gasteiger partial charge is 0.246 e. The maximum atomic E-state index is 13.9. The fourth-order valence-corrected chi connectivity index (χ4v) is 6.16. The zero-order chi connectivity index (χ0) is 25.8. The molecule has 0 saturated carbocycles. The second-order valence-electron chi connectivity index (χ2n) is 10.6. The molecule has 3 heterocycles. The van der Waals surface area contributed by atoms with Crippen molar-refractivity contribution < 1.29 is 19.2 Å². The highest BCUT2D eigenvalue weighted by Gasteiger charge is 2.44. The molecule has 3 saturated heterocycles. The van der Waals surface area contributed by atoms with E-state index in [1.54, 1.807) is 9.80 Å². The number of carbonyl (C=O) groups is 4. The molecule has 0 radical (unpaired) electrons. The Kier molecular flexibility index (Phi) is 7.68. The predicted octanol–water partition coefficient (Wildman–Crippen LogP) is 2.92. The van der Waals surface area contributed by atoms with E-state index >= 15 is 0 Å². The van der Waals surface area contributed by atoms with Gasteiger partial charge in [0.25, 0.3) is 0 Å². The number of hydrogen-bond acceptors (Lipinski definition) is 4. The number of ketones is 1. The first-order chi connectivity index (χ1) is 18.0. The Morgan fingerprint density at radius 2 is 1.24 bits per heavy atom. The van der Waals surface area contributed by atoms with Gasteiger partial charge < -0.3 is 15.1 Å². The largest absolute Gasteiger partial charge is 0.351 e. The number of hydrogen-bond donors (Lipinski definition) is 1. The van der Waals surface area contributed by atoms with E-state index in [9.17, 15) is 19.2 Å². The van der Waals surface area contributed by atoms with Crippen LogP contribution < -0.4 is 5.32 Å². The van der Waals surface area contributed by atoms with Gasteiger partial charge in [-0.3, -0.25) is 19.2 Å². The normalized spacial score (nSPS) is 27.1. The molecule has 7 heteroatoms. The van der Waals surface area contributed by atoms with Crippen molar-refractivity contribution >= 4 is 23.5 Å². The summed E-state index contributed by atoms with van der Waals surface area (Å²) in [6.45, 7) is 1.03. The minimum atomic E-state index is -0.560. The molecule has 5 rings (SSSR count). The van der Waals surface area contributed by atoms with Crippen LogP contribution in [0.5, 0.6) is 0 Å². The lowest BCUT2D eigenvalue weighted by Crippen LogP contribution is -2.54. The Balaban J connectivity index is 1.46. The Labute approximate surface area is 218 Å². The zero-order valence-electron chi connectivity index (χ0n) is 21.2. The molecule has 3 aliphatic rings. The molecule has 0 spiro atoms. The molecule has 3 fully saturated rings. The summed E-state index contributed by atoms with van der Waals surface area (Å²) in [5, 5.41) is 3.11. The van der Waals surface area contributed by atoms with Gasteiger partial charge in [0, 0.05) is 37.9 Å². The summed E-state index contributed by atoms with van der Waals surface area (Å²) in [5.41, 5.74) is 2.02. The third-order valence-electron chi connectivity index (χ3n) is 7.95. The number of rotatable bonds is 4. The van der Waals surface area contributed by atoms with Gasteiger partial charge in [-0.05, 0) is 49.7 Å². The van der Waals surface area contributed by atoms with Crippen molar-refractivity contribution in [1.82, 2.24) is 15.1 Å². The lowest BCUT2D eigenvalue weighted by Gasteiger charge is -2.32. The number of Topliss-reactive ketones (excluding diaryl/α,β-unsaturated/α-hetero) is 1. The van der Waals surface area contributed by atoms with E-state index in [4.69, 9.17) is 0 Å². The molecule has 194 valence electrons. The molecule has 37 heavy (non-hydrogen) atoms. The lowest BCUT2D eigenvalue weighted by molar-refractivity contribution is -0.148. The van der Waals surface area contributed by atoms with E-state index in [1.165, 1.54) is 0 Å². The molecule has 3 amide bonds. The van der Waals surface area contributed by atoms with Crippen LogP contribution in [0.25, 0.3) is 0 Å². The highest BCUT2D eigenvalue weighted by Crippen LogP contribution is 2.29. The first-order valence-electron chi connectivity index (χ1n) is 13.5. The van der Waals surface area contributed by atoms with Crippen LogP contribution >= 0.6 is 0 Å². The maximum Gasteiger partial charge on any atom is 0.246 e. The number of fused-ring (bicyclic) bond motifs is 2. The van der Waals surface area contributed by atoms with Crippen molar-refractivity contribution in [3.63, 3.8) is 0 Å². The van der Waals surface area contributed by atoms with E-state index < -0.39 is 24.0 Å². The van der Waals surface area contributed by atoms with Crippen LogP contribution in [0.15, 0.2) is 60.7 Å². The number of nitrogens with one attached hydrogen (secondary N) is 1. The average Bonchev–Trinajstić information content (AvgIpc) is 3.59. The second kappa shape index (κ2) is 11.3. The molecule has 0 aliphatic carbocycles. The van der Waals surface area contributed by atoms with Gasteiger partial charge >= 0.3 is 0 Å². The third-order valence-corrected chi connectivity index (χ3v) is 7.95. The Morgan fingerprint density at radius 3 is 1.89 bits per heavy atom. The number of nitrogens with zero attached hydrogens (tertiary/aromatic N) is 2.